The van der Waals surface area contributed by atoms with Gasteiger partial charge in [0.25, 0.3) is 10.0 Å². The normalized spacial score (nSPS) is 11.5. The summed E-state index contributed by atoms with van der Waals surface area (Å²) < 4.78 is 29.6. The summed E-state index contributed by atoms with van der Waals surface area (Å²) in [4.78, 5) is 0.216. The largest absolute Gasteiger partial charge is 0.266 e. The molecule has 0 saturated heterocycles. The van der Waals surface area contributed by atoms with Crippen LogP contribution in [0.5, 0.6) is 0 Å². The Morgan fingerprint density at radius 2 is 1.58 bits per heavy atom. The van der Waals surface area contributed by atoms with Crippen molar-refractivity contribution < 1.29 is 8.42 Å². The van der Waals surface area contributed by atoms with Gasteiger partial charge in [-0.2, -0.15) is 5.10 Å². The Bertz CT molecular complexity index is 1150. The maximum absolute atomic E-state index is 12.7. The average Bonchev–Trinajstić information content (AvgIpc) is 3.08. The van der Waals surface area contributed by atoms with Crippen LogP contribution in [0.1, 0.15) is 5.56 Å². The van der Waals surface area contributed by atoms with E-state index in [2.05, 4.69) is 9.82 Å². The van der Waals surface area contributed by atoms with Gasteiger partial charge in [-0.1, -0.05) is 60.7 Å². The SMILES string of the molecule is O=S(=O)(Nc1ccn(Cc2ccccc2)n1)c1ccc2ccccc2c1. The molecule has 1 heterocycles. The molecule has 130 valence electrons. The zero-order valence-electron chi connectivity index (χ0n) is 13.9. The molecule has 6 heteroatoms. The summed E-state index contributed by atoms with van der Waals surface area (Å²) in [6, 6.07) is 24.3. The van der Waals surface area contributed by atoms with Crippen LogP contribution in [0.15, 0.2) is 90.0 Å². The molecule has 0 aliphatic heterocycles. The number of rotatable bonds is 5. The van der Waals surface area contributed by atoms with Crippen LogP contribution >= 0.6 is 0 Å². The summed E-state index contributed by atoms with van der Waals surface area (Å²) in [7, 11) is -3.69. The molecule has 0 fully saturated rings. The van der Waals surface area contributed by atoms with Crippen LogP contribution in [0.25, 0.3) is 10.8 Å². The highest BCUT2D eigenvalue weighted by atomic mass is 32.2. The zero-order valence-corrected chi connectivity index (χ0v) is 14.7. The number of nitrogens with one attached hydrogen (secondary N) is 1. The lowest BCUT2D eigenvalue weighted by atomic mass is 10.1. The summed E-state index contributed by atoms with van der Waals surface area (Å²) in [6.07, 6.45) is 1.76. The quantitative estimate of drug-likeness (QED) is 0.585. The number of sulfonamides is 1. The van der Waals surface area contributed by atoms with Crippen molar-refractivity contribution in [2.75, 3.05) is 4.72 Å². The minimum Gasteiger partial charge on any atom is -0.266 e. The molecule has 4 aromatic rings. The molecule has 0 aliphatic carbocycles. The molecule has 0 amide bonds. The van der Waals surface area contributed by atoms with Crippen LogP contribution < -0.4 is 4.72 Å². The Balaban J connectivity index is 1.55. The smallest absolute Gasteiger partial charge is 0.263 e. The van der Waals surface area contributed by atoms with E-state index in [0.29, 0.717) is 12.4 Å². The van der Waals surface area contributed by atoms with E-state index >= 15 is 0 Å². The fraction of sp³-hybridized carbons (Fsp3) is 0.0500. The van der Waals surface area contributed by atoms with Crippen molar-refractivity contribution in [1.82, 2.24) is 9.78 Å². The molecule has 5 nitrogen and oxygen atoms in total. The Hall–Kier alpha value is -3.12. The number of anilines is 1. The summed E-state index contributed by atoms with van der Waals surface area (Å²) >= 11 is 0. The summed E-state index contributed by atoms with van der Waals surface area (Å²) in [5.41, 5.74) is 1.10. The van der Waals surface area contributed by atoms with Crippen molar-refractivity contribution in [2.45, 2.75) is 11.4 Å². The summed E-state index contributed by atoms with van der Waals surface area (Å²) in [5, 5.41) is 6.18. The Labute approximate surface area is 152 Å². The average molecular weight is 363 g/mol. The lowest BCUT2D eigenvalue weighted by Gasteiger charge is -2.07. The Morgan fingerprint density at radius 3 is 2.38 bits per heavy atom. The van der Waals surface area contributed by atoms with Gasteiger partial charge in [0.05, 0.1) is 11.4 Å². The Kier molecular flexibility index (Phi) is 4.18. The molecule has 0 unspecified atom stereocenters. The van der Waals surface area contributed by atoms with Crippen molar-refractivity contribution in [2.24, 2.45) is 0 Å². The Morgan fingerprint density at radius 1 is 0.846 bits per heavy atom. The first-order valence-electron chi connectivity index (χ1n) is 8.19. The third-order valence-corrected chi connectivity index (χ3v) is 5.45. The lowest BCUT2D eigenvalue weighted by Crippen LogP contribution is -2.13. The van der Waals surface area contributed by atoms with Crippen LogP contribution in [0.3, 0.4) is 0 Å². The second-order valence-electron chi connectivity index (χ2n) is 6.00. The molecule has 0 atom stereocenters. The van der Waals surface area contributed by atoms with Gasteiger partial charge in [0.2, 0.25) is 0 Å². The van der Waals surface area contributed by atoms with E-state index in [1.165, 1.54) is 0 Å². The maximum atomic E-state index is 12.7. The molecule has 0 spiro atoms. The van der Waals surface area contributed by atoms with Crippen LogP contribution in [0.2, 0.25) is 0 Å². The molecule has 3 aromatic carbocycles. The monoisotopic (exact) mass is 363 g/mol. The minimum absolute atomic E-state index is 0.216. The first kappa shape index (κ1) is 16.4. The molecule has 26 heavy (non-hydrogen) atoms. The summed E-state index contributed by atoms with van der Waals surface area (Å²) in [5.74, 6) is 0.300. The topological polar surface area (TPSA) is 64.0 Å². The fourth-order valence-corrected chi connectivity index (χ4v) is 3.84. The van der Waals surface area contributed by atoms with E-state index in [4.69, 9.17) is 0 Å². The van der Waals surface area contributed by atoms with Crippen molar-refractivity contribution in [3.63, 3.8) is 0 Å². The molecule has 0 bridgehead atoms. The summed E-state index contributed by atoms with van der Waals surface area (Å²) in [6.45, 7) is 0.582. The van der Waals surface area contributed by atoms with Crippen LogP contribution in [-0.2, 0) is 16.6 Å². The van der Waals surface area contributed by atoms with E-state index in [1.807, 2.05) is 54.6 Å². The minimum atomic E-state index is -3.69. The van der Waals surface area contributed by atoms with E-state index in [0.717, 1.165) is 16.3 Å². The van der Waals surface area contributed by atoms with Gasteiger partial charge in [-0.3, -0.25) is 9.40 Å². The van der Waals surface area contributed by atoms with Crippen LogP contribution in [-0.4, -0.2) is 18.2 Å². The second-order valence-corrected chi connectivity index (χ2v) is 7.68. The van der Waals surface area contributed by atoms with Gasteiger partial charge in [-0.25, -0.2) is 8.42 Å². The number of aromatic nitrogens is 2. The zero-order chi connectivity index (χ0) is 18.0. The van der Waals surface area contributed by atoms with Crippen molar-refractivity contribution in [1.29, 1.82) is 0 Å². The molecular weight excluding hydrogens is 346 g/mol. The van der Waals surface area contributed by atoms with Crippen molar-refractivity contribution >= 4 is 26.6 Å². The van der Waals surface area contributed by atoms with Gasteiger partial charge < -0.3 is 0 Å². The molecule has 1 N–H and O–H groups in total. The number of benzene rings is 3. The molecule has 1 aromatic heterocycles. The first-order valence-corrected chi connectivity index (χ1v) is 9.67. The van der Waals surface area contributed by atoms with E-state index in [1.54, 1.807) is 35.1 Å². The lowest BCUT2D eigenvalue weighted by molar-refractivity contribution is 0.600. The molecule has 0 radical (unpaired) electrons. The molecule has 0 aliphatic rings. The van der Waals surface area contributed by atoms with Gasteiger partial charge in [0.15, 0.2) is 5.82 Å². The van der Waals surface area contributed by atoms with Crippen LogP contribution in [0.4, 0.5) is 5.82 Å². The van der Waals surface area contributed by atoms with E-state index < -0.39 is 10.0 Å². The van der Waals surface area contributed by atoms with Gasteiger partial charge in [0, 0.05) is 12.3 Å². The maximum Gasteiger partial charge on any atom is 0.263 e. The highest BCUT2D eigenvalue weighted by Crippen LogP contribution is 2.21. The number of nitrogens with zero attached hydrogens (tertiary/aromatic N) is 2. The van der Waals surface area contributed by atoms with Gasteiger partial charge in [-0.05, 0) is 28.5 Å². The van der Waals surface area contributed by atoms with E-state index in [9.17, 15) is 8.42 Å². The predicted octanol–water partition coefficient (Wildman–Crippen LogP) is 3.89. The van der Waals surface area contributed by atoms with Crippen molar-refractivity contribution in [3.05, 3.63) is 90.6 Å². The van der Waals surface area contributed by atoms with Crippen molar-refractivity contribution in [3.8, 4) is 0 Å². The van der Waals surface area contributed by atoms with Gasteiger partial charge >= 0.3 is 0 Å². The molecule has 0 saturated carbocycles. The third-order valence-electron chi connectivity index (χ3n) is 4.10. The second kappa shape index (κ2) is 6.65. The van der Waals surface area contributed by atoms with E-state index in [-0.39, 0.29) is 4.90 Å². The molecule has 4 rings (SSSR count). The standard InChI is InChI=1S/C20H17N3O2S/c24-26(25,19-11-10-17-8-4-5-9-18(17)14-19)22-20-12-13-23(21-20)15-16-6-2-1-3-7-16/h1-14H,15H2,(H,21,22). The number of fused-ring (bicyclic) bond motifs is 1. The third kappa shape index (κ3) is 3.45. The van der Waals surface area contributed by atoms with Gasteiger partial charge in [0.1, 0.15) is 0 Å². The number of hydrogen-bond acceptors (Lipinski definition) is 3. The number of hydrogen-bond donors (Lipinski definition) is 1. The molecular formula is C20H17N3O2S. The predicted molar refractivity (Wildman–Crippen MR) is 103 cm³/mol. The highest BCUT2D eigenvalue weighted by molar-refractivity contribution is 7.92. The first-order chi connectivity index (χ1) is 12.6. The van der Waals surface area contributed by atoms with Gasteiger partial charge in [-0.15, -0.1) is 0 Å². The highest BCUT2D eigenvalue weighted by Gasteiger charge is 2.16. The van der Waals surface area contributed by atoms with Crippen LogP contribution in [0, 0.1) is 0 Å². The fourth-order valence-electron chi connectivity index (χ4n) is 2.81.